The number of hydrogen-bond acceptors (Lipinski definition) is 4. The molecule has 2 aromatic carbocycles. The lowest BCUT2D eigenvalue weighted by molar-refractivity contribution is -0.140. The Hall–Kier alpha value is -3.45. The van der Waals surface area contributed by atoms with Crippen LogP contribution in [-0.4, -0.2) is 58.8 Å². The summed E-state index contributed by atoms with van der Waals surface area (Å²) >= 11 is 0. The molecule has 30 heavy (non-hydrogen) atoms. The second-order valence-electron chi connectivity index (χ2n) is 7.59. The molecular formula is C23H22FN3O3. The van der Waals surface area contributed by atoms with Crippen LogP contribution in [0.15, 0.2) is 60.3 Å². The van der Waals surface area contributed by atoms with Gasteiger partial charge in [0.25, 0.3) is 11.7 Å². The molecule has 1 saturated heterocycles. The van der Waals surface area contributed by atoms with E-state index >= 15 is 0 Å². The van der Waals surface area contributed by atoms with Crippen LogP contribution >= 0.6 is 0 Å². The number of carbonyl (C=O) groups excluding carboxylic acids is 2. The van der Waals surface area contributed by atoms with Crippen molar-refractivity contribution in [1.82, 2.24) is 14.8 Å². The standard InChI is InChI=1S/C23H22FN3O3/c1-26(2)11-12-27-20(17-13-25-18-6-4-3-5-16(17)18)19(22(29)23(27)30)21(28)14-7-9-15(24)10-8-14/h3-10,13,20,25,28H,11-12H2,1-2H3/b21-19+. The third kappa shape index (κ3) is 3.37. The van der Waals surface area contributed by atoms with Crippen molar-refractivity contribution in [2.24, 2.45) is 0 Å². The number of H-pyrrole nitrogens is 1. The van der Waals surface area contributed by atoms with Gasteiger partial charge in [0.05, 0.1) is 11.6 Å². The number of hydrogen-bond donors (Lipinski definition) is 2. The Kier molecular flexibility index (Phi) is 5.13. The fraction of sp³-hybridized carbons (Fsp3) is 0.217. The molecule has 6 nitrogen and oxygen atoms in total. The summed E-state index contributed by atoms with van der Waals surface area (Å²) in [5, 5.41) is 11.8. The molecule has 1 atom stereocenters. The number of aromatic nitrogens is 1. The van der Waals surface area contributed by atoms with Crippen molar-refractivity contribution >= 4 is 28.4 Å². The Morgan fingerprint density at radius 1 is 1.13 bits per heavy atom. The molecule has 3 aromatic rings. The minimum absolute atomic E-state index is 0.00937. The number of aliphatic hydroxyl groups is 1. The van der Waals surface area contributed by atoms with Gasteiger partial charge in [-0.05, 0) is 44.4 Å². The number of amides is 1. The summed E-state index contributed by atoms with van der Waals surface area (Å²) in [4.78, 5) is 32.5. The molecular weight excluding hydrogens is 385 g/mol. The second-order valence-corrected chi connectivity index (χ2v) is 7.59. The Morgan fingerprint density at radius 3 is 2.53 bits per heavy atom. The van der Waals surface area contributed by atoms with E-state index in [9.17, 15) is 19.1 Å². The van der Waals surface area contributed by atoms with Crippen molar-refractivity contribution in [2.75, 3.05) is 27.2 Å². The summed E-state index contributed by atoms with van der Waals surface area (Å²) in [6, 6.07) is 12.0. The van der Waals surface area contributed by atoms with Crippen molar-refractivity contribution in [3.63, 3.8) is 0 Å². The summed E-state index contributed by atoms with van der Waals surface area (Å²) in [5.74, 6) is -2.16. The maximum absolute atomic E-state index is 13.3. The minimum Gasteiger partial charge on any atom is -0.507 e. The maximum atomic E-state index is 13.3. The molecule has 1 amide bonds. The highest BCUT2D eigenvalue weighted by Crippen LogP contribution is 2.41. The number of nitrogens with zero attached hydrogens (tertiary/aromatic N) is 2. The van der Waals surface area contributed by atoms with E-state index in [4.69, 9.17) is 0 Å². The quantitative estimate of drug-likeness (QED) is 0.387. The Bertz CT molecular complexity index is 1150. The summed E-state index contributed by atoms with van der Waals surface area (Å²) in [6.45, 7) is 0.879. The van der Waals surface area contributed by atoms with Crippen LogP contribution in [-0.2, 0) is 9.59 Å². The number of ketones is 1. The number of nitrogens with one attached hydrogen (secondary N) is 1. The first-order valence-electron chi connectivity index (χ1n) is 9.63. The minimum atomic E-state index is -0.745. The van der Waals surface area contributed by atoms with Crippen LogP contribution in [0.1, 0.15) is 17.2 Å². The number of para-hydroxylation sites is 1. The average Bonchev–Trinajstić information content (AvgIpc) is 3.25. The third-order valence-corrected chi connectivity index (χ3v) is 5.36. The van der Waals surface area contributed by atoms with E-state index in [2.05, 4.69) is 4.98 Å². The van der Waals surface area contributed by atoms with E-state index in [1.165, 1.54) is 29.2 Å². The van der Waals surface area contributed by atoms with Crippen LogP contribution in [0.4, 0.5) is 4.39 Å². The highest BCUT2D eigenvalue weighted by molar-refractivity contribution is 6.46. The molecule has 1 aliphatic rings. The van der Waals surface area contributed by atoms with Crippen LogP contribution in [0, 0.1) is 5.82 Å². The normalized spacial score (nSPS) is 18.7. The molecule has 1 unspecified atom stereocenters. The molecule has 1 aromatic heterocycles. The molecule has 1 aliphatic heterocycles. The molecule has 2 heterocycles. The lowest BCUT2D eigenvalue weighted by Gasteiger charge is -2.26. The molecule has 0 bridgehead atoms. The monoisotopic (exact) mass is 407 g/mol. The summed E-state index contributed by atoms with van der Waals surface area (Å²) in [6.07, 6.45) is 1.77. The van der Waals surface area contributed by atoms with E-state index < -0.39 is 23.5 Å². The van der Waals surface area contributed by atoms with Gasteiger partial charge in [0.1, 0.15) is 11.6 Å². The van der Waals surface area contributed by atoms with Crippen LogP contribution in [0.25, 0.3) is 16.7 Å². The number of likely N-dealkylation sites (N-methyl/N-ethyl adjacent to an activating group) is 1. The van der Waals surface area contributed by atoms with Crippen LogP contribution in [0.5, 0.6) is 0 Å². The van der Waals surface area contributed by atoms with E-state index in [1.54, 1.807) is 6.20 Å². The van der Waals surface area contributed by atoms with Gasteiger partial charge in [-0.3, -0.25) is 9.59 Å². The van der Waals surface area contributed by atoms with Gasteiger partial charge in [-0.2, -0.15) is 0 Å². The smallest absolute Gasteiger partial charge is 0.295 e. The van der Waals surface area contributed by atoms with E-state index in [0.717, 1.165) is 16.5 Å². The predicted octanol–water partition coefficient (Wildman–Crippen LogP) is 3.29. The Morgan fingerprint density at radius 2 is 1.83 bits per heavy atom. The SMILES string of the molecule is CN(C)CCN1C(=O)C(=O)/C(=C(/O)c2ccc(F)cc2)C1c1c[nH]c2ccccc12. The van der Waals surface area contributed by atoms with Crippen molar-refractivity contribution in [3.8, 4) is 0 Å². The van der Waals surface area contributed by atoms with Crippen LogP contribution in [0.2, 0.25) is 0 Å². The number of carbonyl (C=O) groups is 2. The molecule has 0 aliphatic carbocycles. The fourth-order valence-corrected chi connectivity index (χ4v) is 3.83. The maximum Gasteiger partial charge on any atom is 0.295 e. The topological polar surface area (TPSA) is 76.6 Å². The summed E-state index contributed by atoms with van der Waals surface area (Å²) in [7, 11) is 3.77. The molecule has 0 saturated carbocycles. The number of likely N-dealkylation sites (tertiary alicyclic amines) is 1. The number of aromatic amines is 1. The number of halogens is 1. The Balaban J connectivity index is 1.90. The zero-order chi connectivity index (χ0) is 21.4. The van der Waals surface area contributed by atoms with Crippen molar-refractivity contribution in [3.05, 3.63) is 77.2 Å². The average molecular weight is 407 g/mol. The predicted molar refractivity (Wildman–Crippen MR) is 112 cm³/mol. The van der Waals surface area contributed by atoms with E-state index in [-0.39, 0.29) is 16.9 Å². The number of aliphatic hydroxyl groups excluding tert-OH is 1. The lowest BCUT2D eigenvalue weighted by atomic mass is 9.95. The van der Waals surface area contributed by atoms with Crippen LogP contribution < -0.4 is 0 Å². The number of Topliss-reactive ketones (excluding diaryl/α,β-unsaturated/α-hetero) is 1. The number of fused-ring (bicyclic) bond motifs is 1. The molecule has 7 heteroatoms. The highest BCUT2D eigenvalue weighted by Gasteiger charge is 2.46. The van der Waals surface area contributed by atoms with E-state index in [1.807, 2.05) is 43.3 Å². The van der Waals surface area contributed by atoms with Gasteiger partial charge in [-0.1, -0.05) is 18.2 Å². The molecule has 154 valence electrons. The lowest BCUT2D eigenvalue weighted by Crippen LogP contribution is -2.35. The molecule has 4 rings (SSSR count). The van der Waals surface area contributed by atoms with E-state index in [0.29, 0.717) is 13.1 Å². The largest absolute Gasteiger partial charge is 0.507 e. The van der Waals surface area contributed by atoms with Crippen molar-refractivity contribution < 1.29 is 19.1 Å². The first kappa shape index (κ1) is 19.8. The zero-order valence-corrected chi connectivity index (χ0v) is 16.7. The highest BCUT2D eigenvalue weighted by atomic mass is 19.1. The van der Waals surface area contributed by atoms with Gasteiger partial charge < -0.3 is 19.9 Å². The van der Waals surface area contributed by atoms with Crippen molar-refractivity contribution in [2.45, 2.75) is 6.04 Å². The number of benzene rings is 2. The summed E-state index contributed by atoms with van der Waals surface area (Å²) < 4.78 is 13.3. The van der Waals surface area contributed by atoms with Gasteiger partial charge in [0.2, 0.25) is 0 Å². The van der Waals surface area contributed by atoms with Gasteiger partial charge >= 0.3 is 0 Å². The molecule has 1 fully saturated rings. The van der Waals surface area contributed by atoms with Crippen LogP contribution in [0.3, 0.4) is 0 Å². The first-order chi connectivity index (χ1) is 14.4. The molecule has 0 spiro atoms. The number of rotatable bonds is 5. The van der Waals surface area contributed by atoms with Gasteiger partial charge in [0.15, 0.2) is 0 Å². The molecule has 0 radical (unpaired) electrons. The van der Waals surface area contributed by atoms with Gasteiger partial charge in [0, 0.05) is 41.3 Å². The second kappa shape index (κ2) is 7.76. The Labute approximate surface area is 173 Å². The van der Waals surface area contributed by atoms with Crippen molar-refractivity contribution in [1.29, 1.82) is 0 Å². The van der Waals surface area contributed by atoms with Gasteiger partial charge in [-0.15, -0.1) is 0 Å². The zero-order valence-electron chi connectivity index (χ0n) is 16.7. The fourth-order valence-electron chi connectivity index (χ4n) is 3.83. The van der Waals surface area contributed by atoms with Gasteiger partial charge in [-0.25, -0.2) is 4.39 Å². The third-order valence-electron chi connectivity index (χ3n) is 5.36. The molecule has 2 N–H and O–H groups in total. The first-order valence-corrected chi connectivity index (χ1v) is 9.63. The summed E-state index contributed by atoms with van der Waals surface area (Å²) in [5.41, 5.74) is 1.89.